The van der Waals surface area contributed by atoms with Crippen molar-refractivity contribution in [3.63, 3.8) is 0 Å². The number of amides is 2. The molecular formula is C10H18N2O4S. The molecule has 0 spiro atoms. The van der Waals surface area contributed by atoms with E-state index in [-0.39, 0.29) is 18.9 Å². The number of nitrogens with one attached hydrogen (secondary N) is 1. The van der Waals surface area contributed by atoms with Crippen molar-refractivity contribution in [1.82, 2.24) is 9.62 Å². The van der Waals surface area contributed by atoms with E-state index in [9.17, 15) is 18.0 Å². The number of nitrogens with zero attached hydrogens (tertiary/aromatic N) is 1. The van der Waals surface area contributed by atoms with E-state index < -0.39 is 27.9 Å². The Morgan fingerprint density at radius 3 is 2.65 bits per heavy atom. The van der Waals surface area contributed by atoms with E-state index in [1.165, 1.54) is 0 Å². The van der Waals surface area contributed by atoms with Gasteiger partial charge in [0.25, 0.3) is 0 Å². The van der Waals surface area contributed by atoms with Crippen LogP contribution in [0.15, 0.2) is 0 Å². The Kier molecular flexibility index (Phi) is 4.13. The molecule has 1 heterocycles. The van der Waals surface area contributed by atoms with Gasteiger partial charge in [-0.05, 0) is 19.8 Å². The largest absolute Gasteiger partial charge is 0.352 e. The maximum atomic E-state index is 11.8. The molecule has 0 bridgehead atoms. The summed E-state index contributed by atoms with van der Waals surface area (Å²) in [4.78, 5) is 23.3. The van der Waals surface area contributed by atoms with Crippen LogP contribution in [0, 0.1) is 0 Å². The molecule has 98 valence electrons. The molecule has 6 nitrogen and oxygen atoms in total. The first-order valence-corrected chi connectivity index (χ1v) is 7.44. The number of carbonyl (C=O) groups excluding carboxylic acids is 2. The normalized spacial score (nSPS) is 22.6. The zero-order valence-electron chi connectivity index (χ0n) is 10.3. The van der Waals surface area contributed by atoms with E-state index in [4.69, 9.17) is 0 Å². The Morgan fingerprint density at radius 2 is 2.18 bits per heavy atom. The molecule has 2 amide bonds. The third-order valence-corrected chi connectivity index (χ3v) is 3.99. The van der Waals surface area contributed by atoms with E-state index in [1.54, 1.807) is 0 Å². The molecule has 1 saturated heterocycles. The van der Waals surface area contributed by atoms with Crippen molar-refractivity contribution >= 4 is 21.8 Å². The lowest BCUT2D eigenvalue weighted by Crippen LogP contribution is -2.49. The maximum Gasteiger partial charge on any atom is 0.244 e. The average molecular weight is 262 g/mol. The fourth-order valence-electron chi connectivity index (χ4n) is 1.76. The van der Waals surface area contributed by atoms with Crippen LogP contribution in [0.4, 0.5) is 0 Å². The van der Waals surface area contributed by atoms with Gasteiger partial charge in [0.2, 0.25) is 21.8 Å². The summed E-state index contributed by atoms with van der Waals surface area (Å²) in [5.74, 6) is -0.896. The summed E-state index contributed by atoms with van der Waals surface area (Å²) in [5, 5.41) is 2.70. The molecule has 0 aromatic carbocycles. The van der Waals surface area contributed by atoms with Gasteiger partial charge < -0.3 is 5.32 Å². The zero-order valence-corrected chi connectivity index (χ0v) is 11.1. The molecule has 1 aliphatic rings. The summed E-state index contributed by atoms with van der Waals surface area (Å²) in [6, 6.07) is -0.911. The molecule has 0 radical (unpaired) electrons. The van der Waals surface area contributed by atoms with Crippen molar-refractivity contribution in [2.75, 3.05) is 6.26 Å². The molecule has 2 atom stereocenters. The highest BCUT2D eigenvalue weighted by Crippen LogP contribution is 2.22. The second-order valence-corrected chi connectivity index (χ2v) is 6.18. The van der Waals surface area contributed by atoms with Crippen LogP contribution in [0.1, 0.15) is 33.1 Å². The van der Waals surface area contributed by atoms with Crippen LogP contribution in [-0.2, 0) is 19.6 Å². The van der Waals surface area contributed by atoms with Gasteiger partial charge in [-0.3, -0.25) is 9.59 Å². The minimum Gasteiger partial charge on any atom is -0.352 e. The van der Waals surface area contributed by atoms with Crippen LogP contribution in [0.3, 0.4) is 0 Å². The molecule has 0 aromatic heterocycles. The van der Waals surface area contributed by atoms with Crippen molar-refractivity contribution < 1.29 is 18.0 Å². The zero-order chi connectivity index (χ0) is 13.2. The predicted molar refractivity (Wildman–Crippen MR) is 62.6 cm³/mol. The van der Waals surface area contributed by atoms with Gasteiger partial charge in [0, 0.05) is 12.5 Å². The molecule has 17 heavy (non-hydrogen) atoms. The second kappa shape index (κ2) is 5.03. The van der Waals surface area contributed by atoms with E-state index in [0.717, 1.165) is 12.7 Å². The lowest BCUT2D eigenvalue weighted by atomic mass is 10.2. The Morgan fingerprint density at radius 1 is 1.59 bits per heavy atom. The van der Waals surface area contributed by atoms with Crippen LogP contribution in [0.5, 0.6) is 0 Å². The minimum absolute atomic E-state index is 0.0281. The van der Waals surface area contributed by atoms with Crippen LogP contribution in [0.25, 0.3) is 0 Å². The Hall–Kier alpha value is -1.11. The van der Waals surface area contributed by atoms with Gasteiger partial charge in [-0.25, -0.2) is 12.7 Å². The summed E-state index contributed by atoms with van der Waals surface area (Å²) < 4.78 is 23.6. The Balaban J connectivity index is 2.84. The summed E-state index contributed by atoms with van der Waals surface area (Å²) in [6.07, 6.45) is 2.06. The van der Waals surface area contributed by atoms with Crippen molar-refractivity contribution in [3.8, 4) is 0 Å². The number of carbonyl (C=O) groups is 2. The molecule has 2 unspecified atom stereocenters. The number of hydrogen-bond donors (Lipinski definition) is 1. The Bertz CT molecular complexity index is 418. The lowest BCUT2D eigenvalue weighted by molar-refractivity contribution is -0.131. The molecule has 7 heteroatoms. The van der Waals surface area contributed by atoms with Gasteiger partial charge in [0.15, 0.2) is 0 Å². The first-order chi connectivity index (χ1) is 7.77. The summed E-state index contributed by atoms with van der Waals surface area (Å²) in [7, 11) is -3.67. The minimum atomic E-state index is -3.67. The van der Waals surface area contributed by atoms with Crippen molar-refractivity contribution in [1.29, 1.82) is 0 Å². The van der Waals surface area contributed by atoms with Crippen LogP contribution in [-0.4, -0.2) is 42.9 Å². The van der Waals surface area contributed by atoms with Gasteiger partial charge in [-0.1, -0.05) is 6.92 Å². The maximum absolute atomic E-state index is 11.8. The number of sulfonamides is 1. The topological polar surface area (TPSA) is 83.6 Å². The van der Waals surface area contributed by atoms with Gasteiger partial charge in [-0.2, -0.15) is 0 Å². The number of rotatable bonds is 4. The molecular weight excluding hydrogens is 244 g/mol. The van der Waals surface area contributed by atoms with E-state index in [2.05, 4.69) is 5.32 Å². The standard InChI is InChI=1S/C10H18N2O4S/c1-4-7(2)11-10(14)8-5-6-9(13)12(8)17(3,15)16/h7-8H,4-6H2,1-3H3,(H,11,14). The van der Waals surface area contributed by atoms with E-state index >= 15 is 0 Å². The quantitative estimate of drug-likeness (QED) is 0.764. The summed E-state index contributed by atoms with van der Waals surface area (Å²) in [6.45, 7) is 3.75. The first-order valence-electron chi connectivity index (χ1n) is 5.60. The molecule has 0 aliphatic carbocycles. The van der Waals surface area contributed by atoms with Gasteiger partial charge >= 0.3 is 0 Å². The van der Waals surface area contributed by atoms with Crippen LogP contribution < -0.4 is 5.32 Å². The van der Waals surface area contributed by atoms with E-state index in [1.807, 2.05) is 13.8 Å². The average Bonchev–Trinajstić information content (AvgIpc) is 2.59. The highest BCUT2D eigenvalue weighted by atomic mass is 32.2. The lowest BCUT2D eigenvalue weighted by Gasteiger charge is -2.23. The molecule has 1 N–H and O–H groups in total. The first kappa shape index (κ1) is 14.0. The van der Waals surface area contributed by atoms with Gasteiger partial charge in [-0.15, -0.1) is 0 Å². The molecule has 0 saturated carbocycles. The fourth-order valence-corrected chi connectivity index (χ4v) is 2.88. The van der Waals surface area contributed by atoms with Crippen molar-refractivity contribution in [2.24, 2.45) is 0 Å². The third-order valence-electron chi connectivity index (χ3n) is 2.82. The summed E-state index contributed by atoms with van der Waals surface area (Å²) in [5.41, 5.74) is 0. The molecule has 1 aliphatic heterocycles. The highest BCUT2D eigenvalue weighted by molar-refractivity contribution is 7.89. The molecule has 1 fully saturated rings. The van der Waals surface area contributed by atoms with Gasteiger partial charge in [0.05, 0.1) is 6.26 Å². The molecule has 0 aromatic rings. The monoisotopic (exact) mass is 262 g/mol. The van der Waals surface area contributed by atoms with Gasteiger partial charge in [0.1, 0.15) is 6.04 Å². The summed E-state index contributed by atoms with van der Waals surface area (Å²) >= 11 is 0. The predicted octanol–water partition coefficient (Wildman–Crippen LogP) is -0.148. The van der Waals surface area contributed by atoms with Crippen LogP contribution >= 0.6 is 0 Å². The van der Waals surface area contributed by atoms with E-state index in [0.29, 0.717) is 4.31 Å². The molecule has 1 rings (SSSR count). The Labute approximate surface area is 101 Å². The van der Waals surface area contributed by atoms with Crippen molar-refractivity contribution in [2.45, 2.75) is 45.2 Å². The third kappa shape index (κ3) is 3.18. The fraction of sp³-hybridized carbons (Fsp3) is 0.800. The highest BCUT2D eigenvalue weighted by Gasteiger charge is 2.41. The van der Waals surface area contributed by atoms with Crippen LogP contribution in [0.2, 0.25) is 0 Å². The second-order valence-electron chi connectivity index (χ2n) is 4.32. The number of hydrogen-bond acceptors (Lipinski definition) is 4. The smallest absolute Gasteiger partial charge is 0.244 e. The SMILES string of the molecule is CCC(C)NC(=O)C1CCC(=O)N1S(C)(=O)=O. The van der Waals surface area contributed by atoms with Crippen molar-refractivity contribution in [3.05, 3.63) is 0 Å².